The van der Waals surface area contributed by atoms with Gasteiger partial charge in [-0.3, -0.25) is 0 Å². The molecule has 0 spiro atoms. The Labute approximate surface area is 105 Å². The molecule has 0 aromatic rings. The van der Waals surface area contributed by atoms with Crippen molar-refractivity contribution in [3.8, 4) is 0 Å². The van der Waals surface area contributed by atoms with E-state index in [0.29, 0.717) is 0 Å². The van der Waals surface area contributed by atoms with Crippen molar-refractivity contribution in [2.75, 3.05) is 13.1 Å². The fourth-order valence-electron chi connectivity index (χ4n) is 1.11. The van der Waals surface area contributed by atoms with Gasteiger partial charge >= 0.3 is 57.4 Å². The van der Waals surface area contributed by atoms with Crippen LogP contribution in [0.4, 0.5) is 4.79 Å². The van der Waals surface area contributed by atoms with E-state index in [4.69, 9.17) is 5.73 Å². The summed E-state index contributed by atoms with van der Waals surface area (Å²) in [5, 5.41) is 0. The number of hydrogen-bond acceptors (Lipinski definition) is 1. The maximum absolute atomic E-state index is 10.5. The van der Waals surface area contributed by atoms with Crippen LogP contribution in [0.25, 0.3) is 0 Å². The second kappa shape index (κ2) is 5.54. The van der Waals surface area contributed by atoms with Crippen molar-refractivity contribution in [3.63, 3.8) is 0 Å². The van der Waals surface area contributed by atoms with E-state index in [-0.39, 0.29) is 58.8 Å². The maximum atomic E-state index is 10.5. The molecule has 1 fully saturated rings. The Kier molecular flexibility index (Phi) is 6.05. The molecule has 0 aromatic carbocycles. The van der Waals surface area contributed by atoms with E-state index in [9.17, 15) is 4.79 Å². The molecule has 1 aliphatic heterocycles. The molecule has 0 atom stereocenters. The molecule has 1 aliphatic rings. The van der Waals surface area contributed by atoms with E-state index in [0.717, 1.165) is 25.9 Å². The average molecular weight is 168 g/mol. The molecule has 0 aliphatic carbocycles. The first-order chi connectivity index (χ1) is 4.30. The molecular weight excluding hydrogens is 155 g/mol. The molecule has 3 nitrogen and oxygen atoms in total. The summed E-state index contributed by atoms with van der Waals surface area (Å²) in [5.74, 6) is 0. The number of primary amides is 1. The molecule has 0 radical (unpaired) electrons. The van der Waals surface area contributed by atoms with Crippen LogP contribution in [0.5, 0.6) is 0 Å². The van der Waals surface area contributed by atoms with Gasteiger partial charge in [-0.1, -0.05) is 0 Å². The van der Waals surface area contributed by atoms with E-state index < -0.39 is 0 Å². The standard InChI is InChI=1S/C6H12N2O.K.H/c7-6(9)8-4-2-1-3-5-8;;/h1-5H2,(H2,7,9);;/q;+1;-1. The van der Waals surface area contributed by atoms with Crippen molar-refractivity contribution >= 4 is 6.03 Å². The fraction of sp³-hybridized carbons (Fsp3) is 0.833. The minimum Gasteiger partial charge on any atom is -1.00 e. The summed E-state index contributed by atoms with van der Waals surface area (Å²) in [7, 11) is 0. The SMILES string of the molecule is NC(=O)N1CCCCC1.[H-].[K+]. The first-order valence-corrected chi connectivity index (χ1v) is 3.35. The number of carbonyl (C=O) groups is 1. The third kappa shape index (κ3) is 3.34. The number of hydrogen-bond donors (Lipinski definition) is 1. The molecule has 1 heterocycles. The molecule has 0 unspecified atom stereocenters. The zero-order valence-corrected chi connectivity index (χ0v) is 9.59. The predicted molar refractivity (Wildman–Crippen MR) is 36.1 cm³/mol. The van der Waals surface area contributed by atoms with E-state index >= 15 is 0 Å². The largest absolute Gasteiger partial charge is 1.00 e. The minimum absolute atomic E-state index is 0. The van der Waals surface area contributed by atoms with E-state index in [1.807, 2.05) is 0 Å². The van der Waals surface area contributed by atoms with E-state index in [2.05, 4.69) is 0 Å². The van der Waals surface area contributed by atoms with Crippen molar-refractivity contribution in [2.24, 2.45) is 5.73 Å². The molecule has 54 valence electrons. The topological polar surface area (TPSA) is 46.3 Å². The van der Waals surface area contributed by atoms with E-state index in [1.165, 1.54) is 6.42 Å². The Balaban J connectivity index is 0. The van der Waals surface area contributed by atoms with Crippen LogP contribution < -0.4 is 57.1 Å². The van der Waals surface area contributed by atoms with Crippen molar-refractivity contribution in [2.45, 2.75) is 19.3 Å². The summed E-state index contributed by atoms with van der Waals surface area (Å²) in [5.41, 5.74) is 5.05. The molecule has 0 bridgehead atoms. The zero-order valence-electron chi connectivity index (χ0n) is 7.47. The van der Waals surface area contributed by atoms with Crippen molar-refractivity contribution < 1.29 is 57.6 Å². The van der Waals surface area contributed by atoms with Gasteiger partial charge in [0.1, 0.15) is 0 Å². The van der Waals surface area contributed by atoms with Crippen LogP contribution in [-0.2, 0) is 0 Å². The molecule has 4 heteroatoms. The minimum atomic E-state index is -0.269. The first kappa shape index (κ1) is 10.9. The summed E-state index contributed by atoms with van der Waals surface area (Å²) < 4.78 is 0. The summed E-state index contributed by atoms with van der Waals surface area (Å²) in [4.78, 5) is 12.2. The Morgan fingerprint density at radius 2 is 1.80 bits per heavy atom. The van der Waals surface area contributed by atoms with Gasteiger partial charge in [0.2, 0.25) is 0 Å². The summed E-state index contributed by atoms with van der Waals surface area (Å²) in [6.45, 7) is 1.71. The molecule has 0 aromatic heterocycles. The monoisotopic (exact) mass is 168 g/mol. The summed E-state index contributed by atoms with van der Waals surface area (Å²) >= 11 is 0. The molecular formula is C6H13KN2O. The van der Waals surface area contributed by atoms with Gasteiger partial charge in [-0.2, -0.15) is 0 Å². The Bertz CT molecular complexity index is 117. The number of piperidine rings is 1. The molecule has 10 heavy (non-hydrogen) atoms. The first-order valence-electron chi connectivity index (χ1n) is 3.35. The van der Waals surface area contributed by atoms with Gasteiger partial charge < -0.3 is 12.1 Å². The number of nitrogens with zero attached hydrogens (tertiary/aromatic N) is 1. The number of amides is 2. The molecule has 1 saturated heterocycles. The molecule has 1 rings (SSSR count). The van der Waals surface area contributed by atoms with Gasteiger partial charge in [0.05, 0.1) is 0 Å². The Morgan fingerprint density at radius 1 is 1.30 bits per heavy atom. The number of urea groups is 1. The quantitative estimate of drug-likeness (QED) is 0.405. The molecule has 0 saturated carbocycles. The maximum Gasteiger partial charge on any atom is 1.00 e. The van der Waals surface area contributed by atoms with Crippen LogP contribution in [0.15, 0.2) is 0 Å². The fourth-order valence-corrected chi connectivity index (χ4v) is 1.11. The smallest absolute Gasteiger partial charge is 1.00 e. The number of carbonyl (C=O) groups excluding carboxylic acids is 1. The molecule has 2 amide bonds. The Morgan fingerprint density at radius 3 is 2.10 bits per heavy atom. The van der Waals surface area contributed by atoms with Gasteiger partial charge in [-0.05, 0) is 19.3 Å². The molecule has 2 N–H and O–H groups in total. The van der Waals surface area contributed by atoms with Crippen molar-refractivity contribution in [3.05, 3.63) is 0 Å². The van der Waals surface area contributed by atoms with Gasteiger partial charge in [0.15, 0.2) is 0 Å². The summed E-state index contributed by atoms with van der Waals surface area (Å²) in [6.07, 6.45) is 3.47. The number of rotatable bonds is 0. The number of nitrogens with two attached hydrogens (primary N) is 1. The van der Waals surface area contributed by atoms with Gasteiger partial charge in [0.25, 0.3) is 0 Å². The van der Waals surface area contributed by atoms with Crippen LogP contribution in [0.3, 0.4) is 0 Å². The average Bonchev–Trinajstić information content (AvgIpc) is 1.90. The summed E-state index contributed by atoms with van der Waals surface area (Å²) in [6, 6.07) is -0.269. The normalized spacial score (nSPS) is 17.8. The van der Waals surface area contributed by atoms with E-state index in [1.54, 1.807) is 4.90 Å². The number of likely N-dealkylation sites (tertiary alicyclic amines) is 1. The van der Waals surface area contributed by atoms with Crippen LogP contribution in [0.1, 0.15) is 20.7 Å². The Hall–Kier alpha value is 0.906. The zero-order chi connectivity index (χ0) is 6.69. The van der Waals surface area contributed by atoms with Gasteiger partial charge in [-0.25, -0.2) is 4.79 Å². The van der Waals surface area contributed by atoms with Crippen LogP contribution in [-0.4, -0.2) is 24.0 Å². The van der Waals surface area contributed by atoms with Gasteiger partial charge in [0, 0.05) is 13.1 Å². The van der Waals surface area contributed by atoms with Crippen LogP contribution in [0, 0.1) is 0 Å². The van der Waals surface area contributed by atoms with Crippen molar-refractivity contribution in [1.29, 1.82) is 0 Å². The second-order valence-electron chi connectivity index (χ2n) is 2.39. The second-order valence-corrected chi connectivity index (χ2v) is 2.39. The third-order valence-electron chi connectivity index (χ3n) is 1.67. The third-order valence-corrected chi connectivity index (χ3v) is 1.67. The van der Waals surface area contributed by atoms with Crippen LogP contribution >= 0.6 is 0 Å². The van der Waals surface area contributed by atoms with Gasteiger partial charge in [-0.15, -0.1) is 0 Å². The van der Waals surface area contributed by atoms with Crippen molar-refractivity contribution in [1.82, 2.24) is 4.90 Å². The predicted octanol–water partition coefficient (Wildman–Crippen LogP) is -2.33. The van der Waals surface area contributed by atoms with Crippen LogP contribution in [0.2, 0.25) is 0 Å².